The van der Waals surface area contributed by atoms with Crippen LogP contribution in [0.25, 0.3) is 10.9 Å². The Bertz CT molecular complexity index is 680. The number of aromatic amines is 1. The van der Waals surface area contributed by atoms with E-state index in [4.69, 9.17) is 14.2 Å². The highest BCUT2D eigenvalue weighted by Gasteiger charge is 2.24. The minimum atomic E-state index is -0.495. The Morgan fingerprint density at radius 3 is 2.86 bits per heavy atom. The van der Waals surface area contributed by atoms with Crippen LogP contribution < -0.4 is 4.74 Å². The number of benzene rings is 1. The minimum absolute atomic E-state index is 0.214. The van der Waals surface area contributed by atoms with Crippen LogP contribution in [0.3, 0.4) is 0 Å². The summed E-state index contributed by atoms with van der Waals surface area (Å²) in [6.07, 6.45) is 0.224. The highest BCUT2D eigenvalue weighted by Crippen LogP contribution is 2.28. The Labute approximate surface area is 129 Å². The molecule has 3 rings (SSSR count). The quantitative estimate of drug-likeness (QED) is 0.681. The van der Waals surface area contributed by atoms with E-state index in [9.17, 15) is 4.79 Å². The lowest BCUT2D eigenvalue weighted by molar-refractivity contribution is -0.154. The maximum Gasteiger partial charge on any atom is 0.311 e. The first-order valence-corrected chi connectivity index (χ1v) is 7.46. The molecule has 0 saturated carbocycles. The van der Waals surface area contributed by atoms with Crippen molar-refractivity contribution < 1.29 is 19.0 Å². The Morgan fingerprint density at radius 2 is 2.18 bits per heavy atom. The lowest BCUT2D eigenvalue weighted by Crippen LogP contribution is -2.22. The summed E-state index contributed by atoms with van der Waals surface area (Å²) in [6, 6.07) is 7.82. The van der Waals surface area contributed by atoms with Crippen LogP contribution in [0.5, 0.6) is 5.75 Å². The summed E-state index contributed by atoms with van der Waals surface area (Å²) >= 11 is 0. The van der Waals surface area contributed by atoms with Gasteiger partial charge in [-0.25, -0.2) is 0 Å². The number of nitrogens with one attached hydrogen (secondary N) is 1. The highest BCUT2D eigenvalue weighted by molar-refractivity contribution is 5.86. The van der Waals surface area contributed by atoms with Gasteiger partial charge < -0.3 is 19.2 Å². The van der Waals surface area contributed by atoms with E-state index in [0.717, 1.165) is 29.0 Å². The van der Waals surface area contributed by atoms with Crippen LogP contribution in [0.2, 0.25) is 0 Å². The Hall–Kier alpha value is -2.01. The monoisotopic (exact) mass is 303 g/mol. The van der Waals surface area contributed by atoms with Crippen molar-refractivity contribution in [2.75, 3.05) is 13.2 Å². The molecule has 1 saturated heterocycles. The van der Waals surface area contributed by atoms with Gasteiger partial charge in [-0.05, 0) is 39.0 Å². The van der Waals surface area contributed by atoms with Gasteiger partial charge in [0.1, 0.15) is 25.1 Å². The number of ether oxygens (including phenoxy) is 3. The van der Waals surface area contributed by atoms with Gasteiger partial charge in [0, 0.05) is 10.9 Å². The van der Waals surface area contributed by atoms with E-state index in [1.165, 1.54) is 0 Å². The van der Waals surface area contributed by atoms with Gasteiger partial charge in [-0.15, -0.1) is 0 Å². The number of hydrogen-bond donors (Lipinski definition) is 1. The van der Waals surface area contributed by atoms with Crippen LogP contribution in [0.1, 0.15) is 26.5 Å². The second-order valence-electron chi connectivity index (χ2n) is 6.60. The van der Waals surface area contributed by atoms with E-state index in [1.54, 1.807) is 0 Å². The molecule has 1 aromatic carbocycles. The molecule has 5 heteroatoms. The molecular formula is C17H21NO4. The van der Waals surface area contributed by atoms with E-state index in [-0.39, 0.29) is 18.7 Å². The van der Waals surface area contributed by atoms with Gasteiger partial charge in [-0.2, -0.15) is 0 Å². The first kappa shape index (κ1) is 14.9. The highest BCUT2D eigenvalue weighted by atomic mass is 16.6. The molecule has 1 N–H and O–H groups in total. The molecular weight excluding hydrogens is 282 g/mol. The zero-order chi connectivity index (χ0) is 15.7. The SMILES string of the molecule is CC(C)(C)C(=O)OCc1cc2c(OCC3CO3)cccc2[nH]1. The molecule has 1 fully saturated rings. The van der Waals surface area contributed by atoms with Crippen molar-refractivity contribution in [1.82, 2.24) is 4.98 Å². The topological polar surface area (TPSA) is 63.9 Å². The van der Waals surface area contributed by atoms with Crippen LogP contribution >= 0.6 is 0 Å². The lowest BCUT2D eigenvalue weighted by Gasteiger charge is -2.15. The Kier molecular flexibility index (Phi) is 3.83. The molecule has 1 atom stereocenters. The Balaban J connectivity index is 1.71. The zero-order valence-corrected chi connectivity index (χ0v) is 13.1. The van der Waals surface area contributed by atoms with Crippen LogP contribution in [-0.4, -0.2) is 30.3 Å². The summed E-state index contributed by atoms with van der Waals surface area (Å²) in [5.74, 6) is 0.603. The summed E-state index contributed by atoms with van der Waals surface area (Å²) in [6.45, 7) is 7.09. The molecule has 1 aromatic heterocycles. The largest absolute Gasteiger partial charge is 0.490 e. The van der Waals surface area contributed by atoms with Crippen molar-refractivity contribution in [1.29, 1.82) is 0 Å². The van der Waals surface area contributed by atoms with Gasteiger partial charge >= 0.3 is 5.97 Å². The fraction of sp³-hybridized carbons (Fsp3) is 0.471. The number of fused-ring (bicyclic) bond motifs is 1. The molecule has 22 heavy (non-hydrogen) atoms. The average molecular weight is 303 g/mol. The standard InChI is InChI=1S/C17H21NO4/c1-17(2,3)16(19)22-8-11-7-13-14(18-11)5-4-6-15(13)21-10-12-9-20-12/h4-7,12,18H,8-10H2,1-3H3. The average Bonchev–Trinajstić information content (AvgIpc) is 3.19. The van der Waals surface area contributed by atoms with Crippen LogP contribution in [-0.2, 0) is 20.9 Å². The summed E-state index contributed by atoms with van der Waals surface area (Å²) < 4.78 is 16.3. The van der Waals surface area contributed by atoms with Gasteiger partial charge in [0.2, 0.25) is 0 Å². The van der Waals surface area contributed by atoms with Crippen molar-refractivity contribution in [3.8, 4) is 5.75 Å². The number of esters is 1. The molecule has 1 unspecified atom stereocenters. The second-order valence-corrected chi connectivity index (χ2v) is 6.60. The maximum atomic E-state index is 11.8. The van der Waals surface area contributed by atoms with E-state index in [1.807, 2.05) is 45.0 Å². The maximum absolute atomic E-state index is 11.8. The molecule has 5 nitrogen and oxygen atoms in total. The first-order chi connectivity index (χ1) is 10.4. The lowest BCUT2D eigenvalue weighted by atomic mass is 9.97. The van der Waals surface area contributed by atoms with E-state index in [2.05, 4.69) is 4.98 Å². The van der Waals surface area contributed by atoms with Crippen molar-refractivity contribution >= 4 is 16.9 Å². The molecule has 1 aliphatic heterocycles. The normalized spacial score (nSPS) is 17.5. The second kappa shape index (κ2) is 5.65. The Morgan fingerprint density at radius 1 is 1.41 bits per heavy atom. The number of carbonyl (C=O) groups excluding carboxylic acids is 1. The fourth-order valence-corrected chi connectivity index (χ4v) is 2.10. The summed E-state index contributed by atoms with van der Waals surface area (Å²) in [5.41, 5.74) is 1.33. The third-order valence-corrected chi connectivity index (χ3v) is 3.48. The molecule has 1 aliphatic rings. The predicted molar refractivity (Wildman–Crippen MR) is 82.8 cm³/mol. The number of aromatic nitrogens is 1. The molecule has 118 valence electrons. The molecule has 0 spiro atoms. The minimum Gasteiger partial charge on any atom is -0.490 e. The van der Waals surface area contributed by atoms with Crippen LogP contribution in [0, 0.1) is 5.41 Å². The van der Waals surface area contributed by atoms with Crippen molar-refractivity contribution in [2.24, 2.45) is 5.41 Å². The van der Waals surface area contributed by atoms with E-state index in [0.29, 0.717) is 6.61 Å². The number of epoxide rings is 1. The van der Waals surface area contributed by atoms with Crippen molar-refractivity contribution in [2.45, 2.75) is 33.5 Å². The number of H-pyrrole nitrogens is 1. The van der Waals surface area contributed by atoms with Crippen molar-refractivity contribution in [3.05, 3.63) is 30.0 Å². The first-order valence-electron chi connectivity index (χ1n) is 7.46. The van der Waals surface area contributed by atoms with Crippen LogP contribution in [0.4, 0.5) is 0 Å². The van der Waals surface area contributed by atoms with Gasteiger partial charge in [-0.1, -0.05) is 6.07 Å². The van der Waals surface area contributed by atoms with Gasteiger partial charge in [-0.3, -0.25) is 4.79 Å². The van der Waals surface area contributed by atoms with Gasteiger partial charge in [0.05, 0.1) is 17.7 Å². The van der Waals surface area contributed by atoms with Crippen molar-refractivity contribution in [3.63, 3.8) is 0 Å². The molecule has 0 radical (unpaired) electrons. The molecule has 0 amide bonds. The van der Waals surface area contributed by atoms with Gasteiger partial charge in [0.15, 0.2) is 0 Å². The van der Waals surface area contributed by atoms with Gasteiger partial charge in [0.25, 0.3) is 0 Å². The summed E-state index contributed by atoms with van der Waals surface area (Å²) in [5, 5.41) is 0.991. The summed E-state index contributed by atoms with van der Waals surface area (Å²) in [7, 11) is 0. The third kappa shape index (κ3) is 3.42. The number of hydrogen-bond acceptors (Lipinski definition) is 4. The van der Waals surface area contributed by atoms with E-state index >= 15 is 0 Å². The predicted octanol–water partition coefficient (Wildman–Crippen LogP) is 3.03. The molecule has 2 heterocycles. The molecule has 0 bridgehead atoms. The van der Waals surface area contributed by atoms with Crippen LogP contribution in [0.15, 0.2) is 24.3 Å². The van der Waals surface area contributed by atoms with E-state index < -0.39 is 5.41 Å². The summed E-state index contributed by atoms with van der Waals surface area (Å²) in [4.78, 5) is 15.1. The molecule has 2 aromatic rings. The number of carbonyl (C=O) groups is 1. The smallest absolute Gasteiger partial charge is 0.311 e. The third-order valence-electron chi connectivity index (χ3n) is 3.48. The fourth-order valence-electron chi connectivity index (χ4n) is 2.10. The number of rotatable bonds is 5. The zero-order valence-electron chi connectivity index (χ0n) is 13.1. The molecule has 0 aliphatic carbocycles.